The SMILES string of the molecule is C=CCC(C)CC(O)(c1cc(C)ccc1OC)C(F)(F)F. The molecule has 0 saturated heterocycles. The number of aliphatic hydroxyl groups is 1. The summed E-state index contributed by atoms with van der Waals surface area (Å²) in [6.07, 6.45) is -3.28. The molecule has 0 saturated carbocycles. The standard InChI is InChI=1S/C16H21F3O2/c1-5-6-12(3)10-15(20,16(17,18)19)13-9-11(2)7-8-14(13)21-4/h5,7-9,12,20H,1,6,10H2,2-4H3. The molecular weight excluding hydrogens is 281 g/mol. The summed E-state index contributed by atoms with van der Waals surface area (Å²) in [7, 11) is 1.29. The van der Waals surface area contributed by atoms with Gasteiger partial charge in [0.1, 0.15) is 5.75 Å². The number of hydrogen-bond donors (Lipinski definition) is 1. The van der Waals surface area contributed by atoms with Gasteiger partial charge in [-0.1, -0.05) is 24.6 Å². The summed E-state index contributed by atoms with van der Waals surface area (Å²) in [4.78, 5) is 0. The minimum atomic E-state index is -4.79. The highest BCUT2D eigenvalue weighted by molar-refractivity contribution is 5.42. The molecule has 0 bridgehead atoms. The monoisotopic (exact) mass is 302 g/mol. The first-order valence-electron chi connectivity index (χ1n) is 6.70. The zero-order chi connectivity index (χ0) is 16.3. The van der Waals surface area contributed by atoms with Crippen molar-refractivity contribution in [1.29, 1.82) is 0 Å². The first kappa shape index (κ1) is 17.6. The smallest absolute Gasteiger partial charge is 0.421 e. The third-order valence-corrected chi connectivity index (χ3v) is 3.48. The van der Waals surface area contributed by atoms with Crippen LogP contribution in [0.2, 0.25) is 0 Å². The lowest BCUT2D eigenvalue weighted by Gasteiger charge is -2.34. The number of hydrogen-bond acceptors (Lipinski definition) is 2. The highest BCUT2D eigenvalue weighted by Gasteiger charge is 2.56. The van der Waals surface area contributed by atoms with Gasteiger partial charge in [0.25, 0.3) is 0 Å². The fourth-order valence-electron chi connectivity index (χ4n) is 2.40. The van der Waals surface area contributed by atoms with E-state index in [4.69, 9.17) is 4.74 Å². The van der Waals surface area contributed by atoms with Gasteiger partial charge in [0.05, 0.1) is 7.11 Å². The number of methoxy groups -OCH3 is 1. The number of rotatable bonds is 6. The predicted molar refractivity (Wildman–Crippen MR) is 76.3 cm³/mol. The van der Waals surface area contributed by atoms with Gasteiger partial charge in [0.15, 0.2) is 5.60 Å². The Morgan fingerprint density at radius 1 is 1.38 bits per heavy atom. The van der Waals surface area contributed by atoms with Crippen molar-refractivity contribution < 1.29 is 23.0 Å². The van der Waals surface area contributed by atoms with Crippen LogP contribution in [0, 0.1) is 12.8 Å². The van der Waals surface area contributed by atoms with Crippen LogP contribution in [0.4, 0.5) is 13.2 Å². The molecule has 21 heavy (non-hydrogen) atoms. The fraction of sp³-hybridized carbons (Fsp3) is 0.500. The lowest BCUT2D eigenvalue weighted by Crippen LogP contribution is -2.44. The molecule has 1 N–H and O–H groups in total. The molecule has 1 aromatic carbocycles. The largest absolute Gasteiger partial charge is 0.496 e. The molecule has 0 aromatic heterocycles. The van der Waals surface area contributed by atoms with E-state index in [2.05, 4.69) is 6.58 Å². The van der Waals surface area contributed by atoms with Crippen molar-refractivity contribution in [2.45, 2.75) is 38.5 Å². The number of benzene rings is 1. The maximum Gasteiger partial charge on any atom is 0.421 e. The summed E-state index contributed by atoms with van der Waals surface area (Å²) >= 11 is 0. The molecule has 2 atom stereocenters. The Kier molecular flexibility index (Phi) is 5.45. The normalized spacial score (nSPS) is 16.1. The lowest BCUT2D eigenvalue weighted by molar-refractivity contribution is -0.272. The second-order valence-electron chi connectivity index (χ2n) is 5.40. The van der Waals surface area contributed by atoms with E-state index in [9.17, 15) is 18.3 Å². The van der Waals surface area contributed by atoms with Crippen molar-refractivity contribution in [3.05, 3.63) is 42.0 Å². The van der Waals surface area contributed by atoms with Crippen LogP contribution in [-0.4, -0.2) is 18.4 Å². The first-order valence-corrected chi connectivity index (χ1v) is 6.70. The highest BCUT2D eigenvalue weighted by atomic mass is 19.4. The highest BCUT2D eigenvalue weighted by Crippen LogP contribution is 2.47. The van der Waals surface area contributed by atoms with Crippen molar-refractivity contribution in [2.24, 2.45) is 5.92 Å². The molecule has 118 valence electrons. The Bertz CT molecular complexity index is 497. The Morgan fingerprint density at radius 2 is 2.00 bits per heavy atom. The Labute approximate surface area is 123 Å². The number of alkyl halides is 3. The van der Waals surface area contributed by atoms with Gasteiger partial charge in [-0.3, -0.25) is 0 Å². The van der Waals surface area contributed by atoms with Crippen molar-refractivity contribution in [2.75, 3.05) is 7.11 Å². The van der Waals surface area contributed by atoms with Gasteiger partial charge in [-0.15, -0.1) is 6.58 Å². The van der Waals surface area contributed by atoms with Crippen molar-refractivity contribution in [3.8, 4) is 5.75 Å². The molecule has 1 rings (SSSR count). The molecule has 0 spiro atoms. The molecule has 0 aliphatic rings. The average molecular weight is 302 g/mol. The first-order chi connectivity index (χ1) is 9.65. The van der Waals surface area contributed by atoms with Gasteiger partial charge >= 0.3 is 6.18 Å². The van der Waals surface area contributed by atoms with Gasteiger partial charge in [-0.05, 0) is 37.8 Å². The zero-order valence-corrected chi connectivity index (χ0v) is 12.5. The van der Waals surface area contributed by atoms with E-state index in [0.29, 0.717) is 12.0 Å². The number of allylic oxidation sites excluding steroid dienone is 1. The fourth-order valence-corrected chi connectivity index (χ4v) is 2.40. The third-order valence-electron chi connectivity index (χ3n) is 3.48. The third kappa shape index (κ3) is 3.79. The average Bonchev–Trinajstić information content (AvgIpc) is 2.37. The van der Waals surface area contributed by atoms with E-state index in [0.717, 1.165) is 0 Å². The summed E-state index contributed by atoms with van der Waals surface area (Å²) in [5, 5.41) is 10.4. The number of ether oxygens (including phenoxy) is 1. The van der Waals surface area contributed by atoms with E-state index in [1.165, 1.54) is 19.2 Å². The molecule has 5 heteroatoms. The lowest BCUT2D eigenvalue weighted by atomic mass is 9.82. The molecule has 2 unspecified atom stereocenters. The quantitative estimate of drug-likeness (QED) is 0.791. The summed E-state index contributed by atoms with van der Waals surface area (Å²) in [6, 6.07) is 4.42. The summed E-state index contributed by atoms with van der Waals surface area (Å²) in [5.74, 6) is -0.328. The topological polar surface area (TPSA) is 29.5 Å². The maximum atomic E-state index is 13.5. The van der Waals surface area contributed by atoms with Crippen LogP contribution in [0.25, 0.3) is 0 Å². The summed E-state index contributed by atoms with van der Waals surface area (Å²) < 4.78 is 45.5. The van der Waals surface area contributed by atoms with Crippen molar-refractivity contribution in [3.63, 3.8) is 0 Å². The molecule has 0 radical (unpaired) electrons. The predicted octanol–water partition coefficient (Wildman–Crippen LogP) is 4.36. The van der Waals surface area contributed by atoms with Crippen LogP contribution >= 0.6 is 0 Å². The van der Waals surface area contributed by atoms with Gasteiger partial charge in [0.2, 0.25) is 0 Å². The maximum absolute atomic E-state index is 13.5. The van der Waals surface area contributed by atoms with Gasteiger partial charge in [0, 0.05) is 5.56 Å². The van der Waals surface area contributed by atoms with Crippen LogP contribution in [0.5, 0.6) is 5.75 Å². The van der Waals surface area contributed by atoms with E-state index in [1.807, 2.05) is 0 Å². The molecule has 0 heterocycles. The summed E-state index contributed by atoms with van der Waals surface area (Å²) in [5.41, 5.74) is -2.55. The van der Waals surface area contributed by atoms with Crippen LogP contribution in [0.1, 0.15) is 30.9 Å². The van der Waals surface area contributed by atoms with Crippen molar-refractivity contribution in [1.82, 2.24) is 0 Å². The van der Waals surface area contributed by atoms with E-state index in [-0.39, 0.29) is 17.2 Å². The van der Waals surface area contributed by atoms with Crippen LogP contribution in [0.15, 0.2) is 30.9 Å². The summed E-state index contributed by atoms with van der Waals surface area (Å²) in [6.45, 7) is 6.85. The second kappa shape index (κ2) is 6.52. The molecule has 0 amide bonds. The van der Waals surface area contributed by atoms with E-state index in [1.54, 1.807) is 26.0 Å². The van der Waals surface area contributed by atoms with E-state index >= 15 is 0 Å². The second-order valence-corrected chi connectivity index (χ2v) is 5.40. The Balaban J connectivity index is 3.38. The molecule has 0 aliphatic carbocycles. The molecule has 1 aromatic rings. The number of halogens is 3. The van der Waals surface area contributed by atoms with E-state index < -0.39 is 18.2 Å². The van der Waals surface area contributed by atoms with Gasteiger partial charge < -0.3 is 9.84 Å². The molecule has 2 nitrogen and oxygen atoms in total. The van der Waals surface area contributed by atoms with Gasteiger partial charge in [-0.25, -0.2) is 0 Å². The number of aryl methyl sites for hydroxylation is 1. The molecule has 0 fully saturated rings. The minimum absolute atomic E-state index is 0.0335. The molecule has 0 aliphatic heterocycles. The van der Waals surface area contributed by atoms with Crippen LogP contribution < -0.4 is 4.74 Å². The van der Waals surface area contributed by atoms with Gasteiger partial charge in [-0.2, -0.15) is 13.2 Å². The Morgan fingerprint density at radius 3 is 2.48 bits per heavy atom. The van der Waals surface area contributed by atoms with Crippen LogP contribution in [0.3, 0.4) is 0 Å². The minimum Gasteiger partial charge on any atom is -0.496 e. The molecular formula is C16H21F3O2. The van der Waals surface area contributed by atoms with Crippen molar-refractivity contribution >= 4 is 0 Å². The van der Waals surface area contributed by atoms with Crippen LogP contribution in [-0.2, 0) is 5.60 Å². The Hall–Kier alpha value is -1.49. The zero-order valence-electron chi connectivity index (χ0n) is 12.5.